The Kier molecular flexibility index (Phi) is 3.53. The fourth-order valence-corrected chi connectivity index (χ4v) is 4.41. The van der Waals surface area contributed by atoms with Crippen LogP contribution in [0.5, 0.6) is 0 Å². The van der Waals surface area contributed by atoms with Gasteiger partial charge in [0.15, 0.2) is 0 Å². The topological polar surface area (TPSA) is 70.1 Å². The summed E-state index contributed by atoms with van der Waals surface area (Å²) >= 11 is 0. The van der Waals surface area contributed by atoms with Gasteiger partial charge in [0, 0.05) is 11.5 Å². The number of nitriles is 1. The first-order chi connectivity index (χ1) is 9.99. The van der Waals surface area contributed by atoms with Gasteiger partial charge in [-0.1, -0.05) is 19.4 Å². The maximum Gasteiger partial charge on any atom is 0.241 e. The maximum atomic E-state index is 14.0. The van der Waals surface area contributed by atoms with E-state index >= 15 is 0 Å². The van der Waals surface area contributed by atoms with Crippen molar-refractivity contribution < 1.29 is 9.18 Å². The number of halogens is 1. The Morgan fingerprint density at radius 2 is 2.00 bits per heavy atom. The zero-order chi connectivity index (χ0) is 15.2. The Morgan fingerprint density at radius 3 is 2.52 bits per heavy atom. The van der Waals surface area contributed by atoms with Crippen molar-refractivity contribution in [1.29, 1.82) is 5.26 Å². The van der Waals surface area contributed by atoms with Crippen LogP contribution in [0.3, 0.4) is 0 Å². The van der Waals surface area contributed by atoms with Gasteiger partial charge in [-0.2, -0.15) is 5.26 Å². The Bertz CT molecular complexity index is 500. The lowest BCUT2D eigenvalue weighted by molar-refractivity contribution is -0.148. The number of hydrogen-bond acceptors (Lipinski definition) is 3. The third-order valence-electron chi connectivity index (χ3n) is 5.80. The average Bonchev–Trinajstić information content (AvgIpc) is 2.94. The van der Waals surface area contributed by atoms with E-state index < -0.39 is 23.3 Å². The molecule has 2 N–H and O–H groups in total. The van der Waals surface area contributed by atoms with Crippen LogP contribution in [0.15, 0.2) is 12.4 Å². The molecule has 0 aromatic heterocycles. The van der Waals surface area contributed by atoms with E-state index in [1.165, 1.54) is 0 Å². The SMILES string of the molecule is C=C(F)C1(C(N)C(=O)N2C(C#N)CC3CC2C3)CCCC1. The normalized spacial score (nSPS) is 34.7. The molecule has 2 saturated heterocycles. The summed E-state index contributed by atoms with van der Waals surface area (Å²) in [6, 6.07) is 1.03. The Hall–Kier alpha value is -1.41. The van der Waals surface area contributed by atoms with Gasteiger partial charge >= 0.3 is 0 Å². The second kappa shape index (κ2) is 5.10. The van der Waals surface area contributed by atoms with E-state index in [1.807, 2.05) is 0 Å². The lowest BCUT2D eigenvalue weighted by Gasteiger charge is -2.53. The van der Waals surface area contributed by atoms with Crippen LogP contribution in [0.1, 0.15) is 44.9 Å². The number of fused-ring (bicyclic) bond motifs is 2. The molecule has 5 heteroatoms. The van der Waals surface area contributed by atoms with Crippen molar-refractivity contribution in [3.8, 4) is 6.07 Å². The van der Waals surface area contributed by atoms with Crippen molar-refractivity contribution in [3.63, 3.8) is 0 Å². The third-order valence-corrected chi connectivity index (χ3v) is 5.80. The Morgan fingerprint density at radius 1 is 1.38 bits per heavy atom. The molecule has 114 valence electrons. The predicted octanol–water partition coefficient (Wildman–Crippen LogP) is 2.26. The van der Waals surface area contributed by atoms with E-state index in [4.69, 9.17) is 5.73 Å². The number of amides is 1. The van der Waals surface area contributed by atoms with Crippen molar-refractivity contribution in [3.05, 3.63) is 12.4 Å². The minimum absolute atomic E-state index is 0.123. The first kappa shape index (κ1) is 14.5. The highest BCUT2D eigenvalue weighted by Crippen LogP contribution is 2.48. The number of hydrogen-bond donors (Lipinski definition) is 1. The molecule has 2 aliphatic heterocycles. The second-order valence-corrected chi connectivity index (χ2v) is 6.86. The lowest BCUT2D eigenvalue weighted by Crippen LogP contribution is -2.64. The molecule has 4 aliphatic rings. The molecule has 2 heterocycles. The highest BCUT2D eigenvalue weighted by atomic mass is 19.1. The van der Waals surface area contributed by atoms with E-state index in [0.717, 1.165) is 32.1 Å². The van der Waals surface area contributed by atoms with E-state index in [1.54, 1.807) is 4.90 Å². The molecule has 2 saturated carbocycles. The predicted molar refractivity (Wildman–Crippen MR) is 76.5 cm³/mol. The number of carbonyl (C=O) groups is 1. The van der Waals surface area contributed by atoms with Gasteiger partial charge in [-0.3, -0.25) is 4.79 Å². The number of nitrogens with zero attached hydrogens (tertiary/aromatic N) is 2. The van der Waals surface area contributed by atoms with Gasteiger partial charge in [-0.05, 0) is 38.0 Å². The maximum absolute atomic E-state index is 14.0. The molecule has 1 amide bonds. The van der Waals surface area contributed by atoms with E-state index in [9.17, 15) is 14.4 Å². The molecule has 0 aromatic carbocycles. The third kappa shape index (κ3) is 2.08. The largest absolute Gasteiger partial charge is 0.322 e. The Labute approximate surface area is 124 Å². The van der Waals surface area contributed by atoms with Gasteiger partial charge < -0.3 is 10.6 Å². The van der Waals surface area contributed by atoms with Crippen molar-refractivity contribution in [2.24, 2.45) is 17.1 Å². The molecule has 0 spiro atoms. The van der Waals surface area contributed by atoms with Crippen LogP contribution < -0.4 is 5.73 Å². The van der Waals surface area contributed by atoms with Gasteiger partial charge in [0.05, 0.1) is 12.1 Å². The molecular formula is C16H22FN3O. The van der Waals surface area contributed by atoms with Gasteiger partial charge in [0.2, 0.25) is 5.91 Å². The Balaban J connectivity index is 1.83. The summed E-state index contributed by atoms with van der Waals surface area (Å²) in [6.45, 7) is 3.44. The lowest BCUT2D eigenvalue weighted by atomic mass is 9.69. The monoisotopic (exact) mass is 291 g/mol. The molecule has 2 bridgehead atoms. The zero-order valence-corrected chi connectivity index (χ0v) is 12.2. The molecule has 4 rings (SSSR count). The smallest absolute Gasteiger partial charge is 0.241 e. The van der Waals surface area contributed by atoms with Crippen LogP contribution >= 0.6 is 0 Å². The number of piperidine rings is 2. The van der Waals surface area contributed by atoms with Gasteiger partial charge in [-0.15, -0.1) is 0 Å². The van der Waals surface area contributed by atoms with Crippen molar-refractivity contribution in [1.82, 2.24) is 4.90 Å². The van der Waals surface area contributed by atoms with E-state index in [0.29, 0.717) is 18.8 Å². The fraction of sp³-hybridized carbons (Fsp3) is 0.750. The summed E-state index contributed by atoms with van der Waals surface area (Å²) in [4.78, 5) is 14.5. The van der Waals surface area contributed by atoms with Gasteiger partial charge in [-0.25, -0.2) is 4.39 Å². The highest BCUT2D eigenvalue weighted by Gasteiger charge is 2.52. The molecule has 0 aromatic rings. The second-order valence-electron chi connectivity index (χ2n) is 6.86. The van der Waals surface area contributed by atoms with Crippen LogP contribution in [0, 0.1) is 22.7 Å². The molecule has 21 heavy (non-hydrogen) atoms. The van der Waals surface area contributed by atoms with E-state index in [2.05, 4.69) is 12.6 Å². The summed E-state index contributed by atoms with van der Waals surface area (Å²) in [5.41, 5.74) is 5.27. The van der Waals surface area contributed by atoms with Crippen molar-refractivity contribution in [2.45, 2.75) is 63.1 Å². The van der Waals surface area contributed by atoms with Gasteiger partial charge in [0.1, 0.15) is 11.9 Å². The van der Waals surface area contributed by atoms with E-state index in [-0.39, 0.29) is 11.9 Å². The summed E-state index contributed by atoms with van der Waals surface area (Å²) in [5.74, 6) is -0.167. The molecule has 4 nitrogen and oxygen atoms in total. The summed E-state index contributed by atoms with van der Waals surface area (Å²) in [5, 5.41) is 9.29. The standard InChI is InChI=1S/C16H22FN3O/c1-10(17)16(4-2-3-5-16)14(19)15(21)20-12-6-11(7-12)8-13(20)9-18/h11-14H,1-8,19H2. The van der Waals surface area contributed by atoms with Crippen molar-refractivity contribution in [2.75, 3.05) is 0 Å². The zero-order valence-electron chi connectivity index (χ0n) is 12.2. The molecule has 0 radical (unpaired) electrons. The summed E-state index contributed by atoms with van der Waals surface area (Å²) < 4.78 is 14.0. The molecule has 2 atom stereocenters. The fourth-order valence-electron chi connectivity index (χ4n) is 4.41. The summed E-state index contributed by atoms with van der Waals surface area (Å²) in [6.07, 6.45) is 5.55. The molecular weight excluding hydrogens is 269 g/mol. The van der Waals surface area contributed by atoms with Crippen molar-refractivity contribution >= 4 is 5.91 Å². The van der Waals surface area contributed by atoms with Crippen LogP contribution in [-0.4, -0.2) is 28.9 Å². The van der Waals surface area contributed by atoms with Gasteiger partial charge in [0.25, 0.3) is 0 Å². The highest BCUT2D eigenvalue weighted by molar-refractivity contribution is 5.84. The minimum Gasteiger partial charge on any atom is -0.322 e. The van der Waals surface area contributed by atoms with Crippen LogP contribution in [0.2, 0.25) is 0 Å². The summed E-state index contributed by atoms with van der Waals surface area (Å²) in [7, 11) is 0. The van der Waals surface area contributed by atoms with Crippen LogP contribution in [-0.2, 0) is 4.79 Å². The number of carbonyl (C=O) groups excluding carboxylic acids is 1. The molecule has 2 aliphatic carbocycles. The van der Waals surface area contributed by atoms with Crippen LogP contribution in [0.4, 0.5) is 4.39 Å². The quantitative estimate of drug-likeness (QED) is 0.867. The average molecular weight is 291 g/mol. The van der Waals surface area contributed by atoms with Crippen LogP contribution in [0.25, 0.3) is 0 Å². The first-order valence-electron chi connectivity index (χ1n) is 7.82. The first-order valence-corrected chi connectivity index (χ1v) is 7.82. The number of rotatable bonds is 3. The molecule has 2 unspecified atom stereocenters. The number of nitrogens with two attached hydrogens (primary N) is 1. The molecule has 4 fully saturated rings. The minimum atomic E-state index is -0.919.